The third-order valence-corrected chi connectivity index (χ3v) is 1.69. The van der Waals surface area contributed by atoms with Gasteiger partial charge in [-0.15, -0.1) is 0 Å². The summed E-state index contributed by atoms with van der Waals surface area (Å²) in [6, 6.07) is 0. The highest BCUT2D eigenvalue weighted by molar-refractivity contribution is 5.89. The van der Waals surface area contributed by atoms with Crippen molar-refractivity contribution >= 4 is 5.78 Å². The van der Waals surface area contributed by atoms with E-state index in [1.807, 2.05) is 6.08 Å². The van der Waals surface area contributed by atoms with E-state index in [1.54, 1.807) is 6.08 Å². The predicted molar refractivity (Wildman–Crippen MR) is 53.1 cm³/mol. The first-order valence-corrected chi connectivity index (χ1v) is 4.87. The number of ketones is 1. The lowest BCUT2D eigenvalue weighted by Crippen LogP contribution is -1.93. The molecular weight excluding hydrogens is 148 g/mol. The molecule has 0 fully saturated rings. The van der Waals surface area contributed by atoms with E-state index in [0.29, 0.717) is 5.92 Å². The highest BCUT2D eigenvalue weighted by Crippen LogP contribution is 2.01. The van der Waals surface area contributed by atoms with Crippen LogP contribution in [-0.2, 0) is 4.79 Å². The van der Waals surface area contributed by atoms with E-state index in [4.69, 9.17) is 0 Å². The summed E-state index contributed by atoms with van der Waals surface area (Å²) < 4.78 is 0. The summed E-state index contributed by atoms with van der Waals surface area (Å²) in [4.78, 5) is 11.1. The van der Waals surface area contributed by atoms with Crippen molar-refractivity contribution in [3.8, 4) is 0 Å². The summed E-state index contributed by atoms with van der Waals surface area (Å²) in [5.74, 6) is 0.761. The minimum Gasteiger partial charge on any atom is -0.295 e. The molecule has 70 valence electrons. The third-order valence-electron chi connectivity index (χ3n) is 1.69. The van der Waals surface area contributed by atoms with Gasteiger partial charge < -0.3 is 0 Å². The van der Waals surface area contributed by atoms with Crippen LogP contribution in [0.3, 0.4) is 0 Å². The third kappa shape index (κ3) is 7.52. The van der Waals surface area contributed by atoms with Crippen LogP contribution in [0.2, 0.25) is 0 Å². The van der Waals surface area contributed by atoms with Gasteiger partial charge in [0.15, 0.2) is 5.78 Å². The van der Waals surface area contributed by atoms with Crippen molar-refractivity contribution in [2.45, 2.75) is 46.5 Å². The fourth-order valence-corrected chi connectivity index (χ4v) is 0.932. The highest BCUT2D eigenvalue weighted by Gasteiger charge is 1.95. The van der Waals surface area contributed by atoms with Crippen LogP contribution in [0.5, 0.6) is 0 Å². The Morgan fingerprint density at radius 2 is 2.00 bits per heavy atom. The molecule has 0 heterocycles. The molecule has 0 unspecified atom stereocenters. The van der Waals surface area contributed by atoms with Crippen molar-refractivity contribution < 1.29 is 4.79 Å². The van der Waals surface area contributed by atoms with Crippen LogP contribution in [0.1, 0.15) is 46.5 Å². The molecule has 0 spiro atoms. The van der Waals surface area contributed by atoms with Gasteiger partial charge in [0.2, 0.25) is 0 Å². The van der Waals surface area contributed by atoms with Gasteiger partial charge in [-0.25, -0.2) is 0 Å². The van der Waals surface area contributed by atoms with Crippen molar-refractivity contribution in [2.75, 3.05) is 0 Å². The van der Waals surface area contributed by atoms with Gasteiger partial charge in [-0.05, 0) is 18.4 Å². The minimum atomic E-state index is 0.275. The lowest BCUT2D eigenvalue weighted by molar-refractivity contribution is -0.114. The second-order valence-corrected chi connectivity index (χ2v) is 3.53. The molecule has 0 aliphatic heterocycles. The number of allylic oxidation sites excluding steroid dienone is 2. The van der Waals surface area contributed by atoms with Gasteiger partial charge in [0.25, 0.3) is 0 Å². The maximum absolute atomic E-state index is 11.1. The molecular formula is C11H20O. The Balaban J connectivity index is 3.46. The normalized spacial score (nSPS) is 11.3. The fraction of sp³-hybridized carbons (Fsp3) is 0.727. The number of hydrogen-bond donors (Lipinski definition) is 0. The summed E-state index contributed by atoms with van der Waals surface area (Å²) in [6.45, 7) is 6.31. The molecule has 0 saturated carbocycles. The predicted octanol–water partition coefficient (Wildman–Crippen LogP) is 3.35. The van der Waals surface area contributed by atoms with E-state index in [-0.39, 0.29) is 5.78 Å². The van der Waals surface area contributed by atoms with Crippen LogP contribution in [0.25, 0.3) is 0 Å². The highest BCUT2D eigenvalue weighted by atomic mass is 16.1. The summed E-state index contributed by atoms with van der Waals surface area (Å²) in [7, 11) is 0. The smallest absolute Gasteiger partial charge is 0.155 e. The summed E-state index contributed by atoms with van der Waals surface area (Å²) in [5, 5.41) is 0. The lowest BCUT2D eigenvalue weighted by Gasteiger charge is -1.95. The van der Waals surface area contributed by atoms with Crippen LogP contribution in [0, 0.1) is 5.92 Å². The molecule has 0 aromatic heterocycles. The second-order valence-electron chi connectivity index (χ2n) is 3.53. The Morgan fingerprint density at radius 3 is 2.50 bits per heavy atom. The molecule has 1 heteroatoms. The van der Waals surface area contributed by atoms with Crippen molar-refractivity contribution in [2.24, 2.45) is 5.92 Å². The summed E-state index contributed by atoms with van der Waals surface area (Å²) in [6.07, 6.45) is 7.80. The van der Waals surface area contributed by atoms with Crippen LogP contribution in [-0.4, -0.2) is 5.78 Å². The Kier molecular flexibility index (Phi) is 6.73. The Morgan fingerprint density at radius 1 is 1.33 bits per heavy atom. The summed E-state index contributed by atoms with van der Waals surface area (Å²) in [5.41, 5.74) is 0. The number of carbonyl (C=O) groups excluding carboxylic acids is 1. The van der Waals surface area contributed by atoms with E-state index >= 15 is 0 Å². The van der Waals surface area contributed by atoms with Gasteiger partial charge in [-0.2, -0.15) is 0 Å². The molecule has 0 radical (unpaired) electrons. The molecule has 0 saturated heterocycles. The maximum atomic E-state index is 11.1. The quantitative estimate of drug-likeness (QED) is 0.439. The van der Waals surface area contributed by atoms with E-state index < -0.39 is 0 Å². The van der Waals surface area contributed by atoms with Crippen molar-refractivity contribution in [1.29, 1.82) is 0 Å². The molecule has 0 atom stereocenters. The van der Waals surface area contributed by atoms with E-state index in [2.05, 4.69) is 20.8 Å². The molecule has 0 amide bonds. The second kappa shape index (κ2) is 7.08. The van der Waals surface area contributed by atoms with E-state index in [1.165, 1.54) is 12.8 Å². The molecule has 0 rings (SSSR count). The standard InChI is InChI=1S/C11H20O/c1-4-5-6-7-11(12)9-8-10(2)3/h8-10H,4-7H2,1-3H3/b9-8+. The van der Waals surface area contributed by atoms with E-state index in [0.717, 1.165) is 12.8 Å². The Hall–Kier alpha value is -0.590. The lowest BCUT2D eigenvalue weighted by atomic mass is 10.1. The molecule has 1 nitrogen and oxygen atoms in total. The number of carbonyl (C=O) groups is 1. The van der Waals surface area contributed by atoms with Crippen molar-refractivity contribution in [3.63, 3.8) is 0 Å². The first-order chi connectivity index (χ1) is 5.66. The van der Waals surface area contributed by atoms with Crippen LogP contribution in [0.4, 0.5) is 0 Å². The number of unbranched alkanes of at least 4 members (excludes halogenated alkanes) is 2. The van der Waals surface area contributed by atoms with E-state index in [9.17, 15) is 4.79 Å². The Labute approximate surface area is 75.9 Å². The molecule has 0 aliphatic rings. The summed E-state index contributed by atoms with van der Waals surface area (Å²) >= 11 is 0. The minimum absolute atomic E-state index is 0.275. The molecule has 0 aromatic carbocycles. The SMILES string of the molecule is CCCCCC(=O)/C=C/C(C)C. The zero-order chi connectivity index (χ0) is 9.40. The maximum Gasteiger partial charge on any atom is 0.155 e. The first kappa shape index (κ1) is 11.4. The van der Waals surface area contributed by atoms with Crippen LogP contribution >= 0.6 is 0 Å². The van der Waals surface area contributed by atoms with Gasteiger partial charge in [-0.3, -0.25) is 4.79 Å². The van der Waals surface area contributed by atoms with Crippen molar-refractivity contribution in [3.05, 3.63) is 12.2 Å². The molecule has 0 bridgehead atoms. The zero-order valence-corrected chi connectivity index (χ0v) is 8.47. The molecule has 0 aliphatic carbocycles. The van der Waals surface area contributed by atoms with Crippen LogP contribution in [0.15, 0.2) is 12.2 Å². The van der Waals surface area contributed by atoms with Gasteiger partial charge in [0.05, 0.1) is 0 Å². The number of hydrogen-bond acceptors (Lipinski definition) is 1. The largest absolute Gasteiger partial charge is 0.295 e. The van der Waals surface area contributed by atoms with Crippen LogP contribution < -0.4 is 0 Å². The average Bonchev–Trinajstić information content (AvgIpc) is 2.01. The molecule has 12 heavy (non-hydrogen) atoms. The molecule has 0 aromatic rings. The van der Waals surface area contributed by atoms with Gasteiger partial charge in [0, 0.05) is 6.42 Å². The van der Waals surface area contributed by atoms with Gasteiger partial charge >= 0.3 is 0 Å². The van der Waals surface area contributed by atoms with Crippen molar-refractivity contribution in [1.82, 2.24) is 0 Å². The topological polar surface area (TPSA) is 17.1 Å². The van der Waals surface area contributed by atoms with Gasteiger partial charge in [-0.1, -0.05) is 39.7 Å². The molecule has 0 N–H and O–H groups in total. The zero-order valence-electron chi connectivity index (χ0n) is 8.47. The Bertz CT molecular complexity index is 145. The number of rotatable bonds is 6. The average molecular weight is 168 g/mol. The van der Waals surface area contributed by atoms with Gasteiger partial charge in [0.1, 0.15) is 0 Å². The fourth-order valence-electron chi connectivity index (χ4n) is 0.932. The monoisotopic (exact) mass is 168 g/mol. The first-order valence-electron chi connectivity index (χ1n) is 4.87.